The summed E-state index contributed by atoms with van der Waals surface area (Å²) in [5, 5.41) is 4.52. The molecule has 0 aromatic carbocycles. The first-order valence-corrected chi connectivity index (χ1v) is 6.09. The second-order valence-electron chi connectivity index (χ2n) is 3.28. The van der Waals surface area contributed by atoms with Crippen molar-refractivity contribution >= 4 is 22.9 Å². The van der Waals surface area contributed by atoms with Crippen molar-refractivity contribution in [1.82, 2.24) is 15.1 Å². The first-order valence-electron chi connectivity index (χ1n) is 4.90. The van der Waals surface area contributed by atoms with Crippen molar-refractivity contribution in [2.45, 2.75) is 25.8 Å². The molecule has 1 atom stereocenters. The monoisotopic (exact) mass is 258 g/mol. The minimum Gasteiger partial charge on any atom is -0.339 e. The van der Waals surface area contributed by atoms with Crippen LogP contribution in [0.5, 0.6) is 0 Å². The minimum absolute atomic E-state index is 0.453. The van der Waals surface area contributed by atoms with Crippen molar-refractivity contribution in [1.29, 1.82) is 0 Å². The number of hydrogen-bond donors (Lipinski definition) is 1. The number of thiazole rings is 1. The molecule has 7 heteroatoms. The van der Waals surface area contributed by atoms with Crippen LogP contribution < -0.4 is 5.73 Å². The summed E-state index contributed by atoms with van der Waals surface area (Å²) >= 11 is 7.10. The van der Waals surface area contributed by atoms with Crippen molar-refractivity contribution < 1.29 is 4.52 Å². The maximum Gasteiger partial charge on any atom is 0.226 e. The zero-order valence-corrected chi connectivity index (χ0v) is 10.3. The number of aryl methyl sites for hydroxylation is 1. The fourth-order valence-corrected chi connectivity index (χ4v) is 2.16. The Morgan fingerprint density at radius 1 is 1.62 bits per heavy atom. The summed E-state index contributed by atoms with van der Waals surface area (Å²) < 4.78 is 5.66. The van der Waals surface area contributed by atoms with E-state index in [1.807, 2.05) is 6.92 Å². The predicted octanol–water partition coefficient (Wildman–Crippen LogP) is 2.18. The lowest BCUT2D eigenvalue weighted by Gasteiger charge is -2.00. The van der Waals surface area contributed by atoms with Gasteiger partial charge in [-0.2, -0.15) is 4.98 Å². The molecule has 5 nitrogen and oxygen atoms in total. The SMILES string of the molecule is CCCc1nc(C(N)c2ncc(Cl)s2)no1. The second kappa shape index (κ2) is 4.90. The van der Waals surface area contributed by atoms with Crippen LogP contribution in [-0.4, -0.2) is 15.1 Å². The van der Waals surface area contributed by atoms with Crippen molar-refractivity contribution in [3.05, 3.63) is 27.3 Å². The minimum atomic E-state index is -0.466. The van der Waals surface area contributed by atoms with Gasteiger partial charge in [0.2, 0.25) is 5.89 Å². The Balaban J connectivity index is 2.17. The molecule has 1 unspecified atom stereocenters. The average molecular weight is 259 g/mol. The van der Waals surface area contributed by atoms with Crippen LogP contribution in [0.1, 0.15) is 36.1 Å². The fraction of sp³-hybridized carbons (Fsp3) is 0.444. The molecule has 2 rings (SSSR count). The lowest BCUT2D eigenvalue weighted by molar-refractivity contribution is 0.370. The molecule has 0 spiro atoms. The molecule has 2 aromatic heterocycles. The lowest BCUT2D eigenvalue weighted by Crippen LogP contribution is -2.13. The Kier molecular flexibility index (Phi) is 3.52. The average Bonchev–Trinajstić information content (AvgIpc) is 2.87. The number of aromatic nitrogens is 3. The number of halogens is 1. The number of nitrogens with two attached hydrogens (primary N) is 1. The van der Waals surface area contributed by atoms with Gasteiger partial charge < -0.3 is 10.3 Å². The van der Waals surface area contributed by atoms with E-state index in [1.54, 1.807) is 6.20 Å². The Labute approximate surface area is 102 Å². The van der Waals surface area contributed by atoms with Crippen LogP contribution in [0.25, 0.3) is 0 Å². The summed E-state index contributed by atoms with van der Waals surface area (Å²) in [5.74, 6) is 1.06. The fourth-order valence-electron chi connectivity index (χ4n) is 1.23. The van der Waals surface area contributed by atoms with E-state index in [-0.39, 0.29) is 0 Å². The zero-order valence-electron chi connectivity index (χ0n) is 8.68. The van der Waals surface area contributed by atoms with E-state index in [1.165, 1.54) is 11.3 Å². The second-order valence-corrected chi connectivity index (χ2v) is 4.97. The van der Waals surface area contributed by atoms with E-state index in [0.717, 1.165) is 12.8 Å². The summed E-state index contributed by atoms with van der Waals surface area (Å²) in [6.45, 7) is 2.05. The maximum absolute atomic E-state index is 5.94. The molecule has 0 bridgehead atoms. The third-order valence-corrected chi connectivity index (χ3v) is 3.19. The Hall–Kier alpha value is -0.980. The van der Waals surface area contributed by atoms with Gasteiger partial charge in [-0.1, -0.05) is 23.7 Å². The molecule has 2 heterocycles. The van der Waals surface area contributed by atoms with Crippen molar-refractivity contribution in [2.75, 3.05) is 0 Å². The van der Waals surface area contributed by atoms with Gasteiger partial charge in [-0.25, -0.2) is 4.98 Å². The summed E-state index contributed by atoms with van der Waals surface area (Å²) in [5.41, 5.74) is 5.94. The van der Waals surface area contributed by atoms with Gasteiger partial charge >= 0.3 is 0 Å². The largest absolute Gasteiger partial charge is 0.339 e. The molecule has 0 saturated carbocycles. The topological polar surface area (TPSA) is 77.8 Å². The lowest BCUT2D eigenvalue weighted by atomic mass is 10.3. The summed E-state index contributed by atoms with van der Waals surface area (Å²) in [4.78, 5) is 8.29. The summed E-state index contributed by atoms with van der Waals surface area (Å²) in [6.07, 6.45) is 3.28. The molecule has 2 aromatic rings. The molecule has 0 aliphatic carbocycles. The van der Waals surface area contributed by atoms with E-state index in [2.05, 4.69) is 15.1 Å². The highest BCUT2D eigenvalue weighted by Crippen LogP contribution is 2.25. The number of nitrogens with zero attached hydrogens (tertiary/aromatic N) is 3. The molecule has 0 aliphatic heterocycles. The molecule has 0 aliphatic rings. The maximum atomic E-state index is 5.94. The van der Waals surface area contributed by atoms with Crippen LogP contribution in [0.2, 0.25) is 4.34 Å². The van der Waals surface area contributed by atoms with Crippen molar-refractivity contribution in [2.24, 2.45) is 5.73 Å². The number of rotatable bonds is 4. The van der Waals surface area contributed by atoms with E-state index in [0.29, 0.717) is 21.1 Å². The van der Waals surface area contributed by atoms with Crippen LogP contribution in [0.15, 0.2) is 10.7 Å². The van der Waals surface area contributed by atoms with Gasteiger partial charge in [0.05, 0.1) is 6.20 Å². The molecule has 16 heavy (non-hydrogen) atoms. The van der Waals surface area contributed by atoms with Gasteiger partial charge in [0.1, 0.15) is 15.4 Å². The molecule has 0 saturated heterocycles. The van der Waals surface area contributed by atoms with E-state index < -0.39 is 6.04 Å². The Bertz CT molecular complexity index is 470. The smallest absolute Gasteiger partial charge is 0.226 e. The van der Waals surface area contributed by atoms with Gasteiger partial charge in [-0.15, -0.1) is 11.3 Å². The molecule has 2 N–H and O–H groups in total. The first kappa shape index (κ1) is 11.5. The van der Waals surface area contributed by atoms with Crippen molar-refractivity contribution in [3.63, 3.8) is 0 Å². The Morgan fingerprint density at radius 2 is 2.44 bits per heavy atom. The highest BCUT2D eigenvalue weighted by atomic mass is 35.5. The van der Waals surface area contributed by atoms with E-state index in [4.69, 9.17) is 21.9 Å². The number of hydrogen-bond acceptors (Lipinski definition) is 6. The first-order chi connectivity index (χ1) is 7.70. The Morgan fingerprint density at radius 3 is 3.06 bits per heavy atom. The molecule has 0 amide bonds. The van der Waals surface area contributed by atoms with Crippen LogP contribution in [0.4, 0.5) is 0 Å². The van der Waals surface area contributed by atoms with E-state index in [9.17, 15) is 0 Å². The summed E-state index contributed by atoms with van der Waals surface area (Å²) in [7, 11) is 0. The highest BCUT2D eigenvalue weighted by Gasteiger charge is 2.18. The highest BCUT2D eigenvalue weighted by molar-refractivity contribution is 7.15. The molecule has 86 valence electrons. The third kappa shape index (κ3) is 2.40. The molecular formula is C9H11ClN4OS. The van der Waals surface area contributed by atoms with E-state index >= 15 is 0 Å². The predicted molar refractivity (Wildman–Crippen MR) is 61.4 cm³/mol. The summed E-state index contributed by atoms with van der Waals surface area (Å²) in [6, 6.07) is -0.466. The normalized spacial score (nSPS) is 12.9. The zero-order chi connectivity index (χ0) is 11.5. The van der Waals surface area contributed by atoms with Crippen LogP contribution in [0.3, 0.4) is 0 Å². The van der Waals surface area contributed by atoms with Gasteiger partial charge in [0.15, 0.2) is 5.82 Å². The van der Waals surface area contributed by atoms with Gasteiger partial charge in [0, 0.05) is 6.42 Å². The van der Waals surface area contributed by atoms with Crippen LogP contribution in [0, 0.1) is 0 Å². The van der Waals surface area contributed by atoms with Gasteiger partial charge in [-0.05, 0) is 6.42 Å². The quantitative estimate of drug-likeness (QED) is 0.909. The van der Waals surface area contributed by atoms with Gasteiger partial charge in [-0.3, -0.25) is 0 Å². The molecule has 0 fully saturated rings. The standard InChI is InChI=1S/C9H11ClN4OS/c1-2-3-6-13-8(14-15-6)7(11)9-12-4-5(10)16-9/h4,7H,2-3,11H2,1H3. The third-order valence-electron chi connectivity index (χ3n) is 1.99. The van der Waals surface area contributed by atoms with Gasteiger partial charge in [0.25, 0.3) is 0 Å². The molecular weight excluding hydrogens is 248 g/mol. The van der Waals surface area contributed by atoms with Crippen LogP contribution in [-0.2, 0) is 6.42 Å². The molecule has 0 radical (unpaired) electrons. The van der Waals surface area contributed by atoms with Crippen LogP contribution >= 0.6 is 22.9 Å². The van der Waals surface area contributed by atoms with Crippen molar-refractivity contribution in [3.8, 4) is 0 Å².